The fourth-order valence-electron chi connectivity index (χ4n) is 0.523. The van der Waals surface area contributed by atoms with Gasteiger partial charge in [-0.2, -0.15) is 0 Å². The number of nitrogens with zero attached hydrogens (tertiary/aromatic N) is 1. The van der Waals surface area contributed by atoms with Crippen molar-refractivity contribution in [3.05, 3.63) is 11.6 Å². The van der Waals surface area contributed by atoms with Gasteiger partial charge in [-0.15, -0.1) is 0 Å². The molecule has 1 heteroatoms. The Balaban J connectivity index is 0. The molecule has 0 amide bonds. The molecule has 0 bridgehead atoms. The maximum absolute atomic E-state index is 4.02. The van der Waals surface area contributed by atoms with Crippen molar-refractivity contribution in [2.24, 2.45) is 4.99 Å². The molecule has 0 saturated heterocycles. The van der Waals surface area contributed by atoms with E-state index in [1.165, 1.54) is 5.57 Å². The second kappa shape index (κ2) is 9.41. The van der Waals surface area contributed by atoms with Crippen molar-refractivity contribution in [3.8, 4) is 0 Å². The number of aliphatic imine (C=N–C) groups is 1. The first-order chi connectivity index (χ1) is 5.20. The summed E-state index contributed by atoms with van der Waals surface area (Å²) in [7, 11) is 1.81. The van der Waals surface area contributed by atoms with E-state index in [1.807, 2.05) is 27.8 Å². The third kappa shape index (κ3) is 9.41. The number of rotatable bonds is 2. The van der Waals surface area contributed by atoms with Crippen molar-refractivity contribution in [3.63, 3.8) is 0 Å². The maximum atomic E-state index is 4.02. The van der Waals surface area contributed by atoms with Crippen LogP contribution in [0.1, 0.15) is 41.0 Å². The van der Waals surface area contributed by atoms with Gasteiger partial charge in [0, 0.05) is 12.8 Å². The molecule has 0 spiro atoms. The van der Waals surface area contributed by atoms with Crippen LogP contribution in [0.5, 0.6) is 0 Å². The highest BCUT2D eigenvalue weighted by Crippen LogP contribution is 1.97. The highest BCUT2D eigenvalue weighted by Gasteiger charge is 1.83. The summed E-state index contributed by atoms with van der Waals surface area (Å²) in [6.45, 7) is 10.3. The Hall–Kier alpha value is -0.590. The highest BCUT2D eigenvalue weighted by molar-refractivity contribution is 5.93. The molecule has 0 unspecified atom stereocenters. The molecule has 0 fully saturated rings. The van der Waals surface area contributed by atoms with Crippen molar-refractivity contribution >= 4 is 5.71 Å². The monoisotopic (exact) mass is 155 g/mol. The smallest absolute Gasteiger partial charge is 0.0313 e. The SMILES string of the molecule is CC.CC/C(C)=C\C(C)=NC. The molecule has 0 aliphatic rings. The van der Waals surface area contributed by atoms with Crippen molar-refractivity contribution in [1.82, 2.24) is 0 Å². The van der Waals surface area contributed by atoms with Crippen molar-refractivity contribution in [2.45, 2.75) is 41.0 Å². The zero-order chi connectivity index (χ0) is 9.28. The average Bonchev–Trinajstić information content (AvgIpc) is 2.07. The first-order valence-corrected chi connectivity index (χ1v) is 4.31. The van der Waals surface area contributed by atoms with E-state index in [2.05, 4.69) is 24.9 Å². The van der Waals surface area contributed by atoms with Crippen LogP contribution < -0.4 is 0 Å². The van der Waals surface area contributed by atoms with Gasteiger partial charge in [0.1, 0.15) is 0 Å². The third-order valence-corrected chi connectivity index (χ3v) is 1.37. The van der Waals surface area contributed by atoms with E-state index in [9.17, 15) is 0 Å². The van der Waals surface area contributed by atoms with Gasteiger partial charge in [-0.3, -0.25) is 4.99 Å². The molecular formula is C10H21N. The van der Waals surface area contributed by atoms with Gasteiger partial charge in [0.25, 0.3) is 0 Å². The van der Waals surface area contributed by atoms with E-state index < -0.39 is 0 Å². The molecule has 0 aromatic heterocycles. The topological polar surface area (TPSA) is 12.4 Å². The number of allylic oxidation sites excluding steroid dienone is 2. The van der Waals surface area contributed by atoms with E-state index in [0.29, 0.717) is 0 Å². The Morgan fingerprint density at radius 1 is 1.27 bits per heavy atom. The van der Waals surface area contributed by atoms with Crippen LogP contribution in [0.2, 0.25) is 0 Å². The standard InChI is InChI=1S/C8H15N.C2H6/c1-5-7(2)6-8(3)9-4;1-2/h6H,5H2,1-4H3;1-2H3/b7-6-,9-8?;. The molecule has 0 aliphatic carbocycles. The Morgan fingerprint density at radius 2 is 1.73 bits per heavy atom. The molecule has 0 rings (SSSR count). The summed E-state index contributed by atoms with van der Waals surface area (Å²) in [6, 6.07) is 0. The average molecular weight is 155 g/mol. The maximum Gasteiger partial charge on any atom is 0.0313 e. The van der Waals surface area contributed by atoms with E-state index in [-0.39, 0.29) is 0 Å². The number of hydrogen-bond donors (Lipinski definition) is 0. The molecule has 0 heterocycles. The van der Waals surface area contributed by atoms with Gasteiger partial charge in [-0.1, -0.05) is 26.3 Å². The zero-order valence-corrected chi connectivity index (χ0v) is 8.73. The Bertz CT molecular complexity index is 132. The predicted molar refractivity (Wildman–Crippen MR) is 54.4 cm³/mol. The first-order valence-electron chi connectivity index (χ1n) is 4.31. The second-order valence-corrected chi connectivity index (χ2v) is 2.21. The normalized spacial score (nSPS) is 12.2. The second-order valence-electron chi connectivity index (χ2n) is 2.21. The van der Waals surface area contributed by atoms with Gasteiger partial charge in [-0.25, -0.2) is 0 Å². The summed E-state index contributed by atoms with van der Waals surface area (Å²) >= 11 is 0. The summed E-state index contributed by atoms with van der Waals surface area (Å²) in [5.41, 5.74) is 2.49. The molecule has 11 heavy (non-hydrogen) atoms. The quantitative estimate of drug-likeness (QED) is 0.541. The molecule has 0 atom stereocenters. The third-order valence-electron chi connectivity index (χ3n) is 1.37. The van der Waals surface area contributed by atoms with Crippen LogP contribution >= 0.6 is 0 Å². The van der Waals surface area contributed by atoms with Crippen LogP contribution in [0.15, 0.2) is 16.6 Å². The van der Waals surface area contributed by atoms with Gasteiger partial charge < -0.3 is 0 Å². The van der Waals surface area contributed by atoms with Crippen molar-refractivity contribution in [1.29, 1.82) is 0 Å². The van der Waals surface area contributed by atoms with Gasteiger partial charge in [-0.05, 0) is 26.3 Å². The summed E-state index contributed by atoms with van der Waals surface area (Å²) in [4.78, 5) is 4.02. The van der Waals surface area contributed by atoms with Crippen LogP contribution in [-0.2, 0) is 0 Å². The van der Waals surface area contributed by atoms with Crippen LogP contribution in [-0.4, -0.2) is 12.8 Å². The highest BCUT2D eigenvalue weighted by atomic mass is 14.7. The lowest BCUT2D eigenvalue weighted by molar-refractivity contribution is 1.10. The molecule has 0 N–H and O–H groups in total. The molecule has 66 valence electrons. The lowest BCUT2D eigenvalue weighted by Crippen LogP contribution is -1.85. The lowest BCUT2D eigenvalue weighted by Gasteiger charge is -1.92. The zero-order valence-electron chi connectivity index (χ0n) is 8.73. The fraction of sp³-hybridized carbons (Fsp3) is 0.700. The summed E-state index contributed by atoms with van der Waals surface area (Å²) < 4.78 is 0. The van der Waals surface area contributed by atoms with Crippen molar-refractivity contribution in [2.75, 3.05) is 7.05 Å². The van der Waals surface area contributed by atoms with Gasteiger partial charge >= 0.3 is 0 Å². The first kappa shape index (κ1) is 13.0. The number of hydrogen-bond acceptors (Lipinski definition) is 1. The summed E-state index contributed by atoms with van der Waals surface area (Å²) in [5, 5.41) is 0. The molecule has 1 nitrogen and oxygen atoms in total. The Labute approximate surface area is 71.2 Å². The van der Waals surface area contributed by atoms with Crippen LogP contribution in [0, 0.1) is 0 Å². The molecule has 0 aromatic carbocycles. The van der Waals surface area contributed by atoms with Gasteiger partial charge in [0.2, 0.25) is 0 Å². The summed E-state index contributed by atoms with van der Waals surface area (Å²) in [5.74, 6) is 0. The van der Waals surface area contributed by atoms with Crippen LogP contribution in [0.3, 0.4) is 0 Å². The summed E-state index contributed by atoms with van der Waals surface area (Å²) in [6.07, 6.45) is 3.23. The Morgan fingerprint density at radius 3 is 2.00 bits per heavy atom. The molecular weight excluding hydrogens is 134 g/mol. The largest absolute Gasteiger partial charge is 0.293 e. The minimum absolute atomic E-state index is 1.11. The molecule has 0 aromatic rings. The van der Waals surface area contributed by atoms with E-state index in [1.54, 1.807) is 0 Å². The van der Waals surface area contributed by atoms with E-state index >= 15 is 0 Å². The van der Waals surface area contributed by atoms with Crippen molar-refractivity contribution < 1.29 is 0 Å². The fourth-order valence-corrected chi connectivity index (χ4v) is 0.523. The van der Waals surface area contributed by atoms with E-state index in [4.69, 9.17) is 0 Å². The minimum atomic E-state index is 1.11. The van der Waals surface area contributed by atoms with Gasteiger partial charge in [0.05, 0.1) is 0 Å². The minimum Gasteiger partial charge on any atom is -0.293 e. The Kier molecular flexibility index (Phi) is 11.1. The van der Waals surface area contributed by atoms with Crippen LogP contribution in [0.4, 0.5) is 0 Å². The molecule has 0 saturated carbocycles. The molecule has 0 aliphatic heterocycles. The predicted octanol–water partition coefficient (Wildman–Crippen LogP) is 3.46. The van der Waals surface area contributed by atoms with E-state index in [0.717, 1.165) is 12.1 Å². The van der Waals surface area contributed by atoms with Gasteiger partial charge in [0.15, 0.2) is 0 Å². The lowest BCUT2D eigenvalue weighted by atomic mass is 10.2. The van der Waals surface area contributed by atoms with Crippen LogP contribution in [0.25, 0.3) is 0 Å². The molecule has 0 radical (unpaired) electrons.